The summed E-state index contributed by atoms with van der Waals surface area (Å²) in [5.41, 5.74) is 3.10. The highest BCUT2D eigenvalue weighted by atomic mass is 35.5. The van der Waals surface area contributed by atoms with Crippen LogP contribution in [0.4, 0.5) is 5.69 Å². The molecule has 3 rings (SSSR count). The summed E-state index contributed by atoms with van der Waals surface area (Å²) in [4.78, 5) is 12.6. The fraction of sp³-hybridized carbons (Fsp3) is 0.174. The van der Waals surface area contributed by atoms with E-state index in [0.717, 1.165) is 16.9 Å². The van der Waals surface area contributed by atoms with Gasteiger partial charge in [0.25, 0.3) is 5.91 Å². The molecule has 0 aromatic heterocycles. The first-order valence-electron chi connectivity index (χ1n) is 9.10. The van der Waals surface area contributed by atoms with Crippen LogP contribution in [0.1, 0.15) is 28.4 Å². The summed E-state index contributed by atoms with van der Waals surface area (Å²) in [5, 5.41) is 3.42. The van der Waals surface area contributed by atoms with Gasteiger partial charge in [-0.2, -0.15) is 0 Å². The number of amides is 1. The van der Waals surface area contributed by atoms with Crippen LogP contribution in [0.25, 0.3) is 0 Å². The number of hydrogen-bond acceptors (Lipinski definition) is 3. The fourth-order valence-electron chi connectivity index (χ4n) is 2.75. The first-order valence-corrected chi connectivity index (χ1v) is 9.48. The zero-order valence-corrected chi connectivity index (χ0v) is 16.4. The number of ether oxygens (including phenoxy) is 2. The second-order valence-electron chi connectivity index (χ2n) is 6.20. The molecule has 0 heterocycles. The van der Waals surface area contributed by atoms with Gasteiger partial charge in [-0.25, -0.2) is 0 Å². The highest BCUT2D eigenvalue weighted by Crippen LogP contribution is 2.23. The monoisotopic (exact) mass is 395 g/mol. The maximum atomic E-state index is 12.6. The summed E-state index contributed by atoms with van der Waals surface area (Å²) in [6, 6.07) is 22.3. The van der Waals surface area contributed by atoms with Crippen LogP contribution < -0.4 is 10.1 Å². The Morgan fingerprint density at radius 3 is 2.54 bits per heavy atom. The Hall–Kier alpha value is -2.82. The molecule has 0 saturated heterocycles. The van der Waals surface area contributed by atoms with Crippen molar-refractivity contribution in [3.63, 3.8) is 0 Å². The predicted molar refractivity (Wildman–Crippen MR) is 112 cm³/mol. The number of hydrogen-bond donors (Lipinski definition) is 1. The highest BCUT2D eigenvalue weighted by Gasteiger charge is 2.12. The standard InChI is InChI=1S/C23H22ClNO3/c1-2-28-22-12-11-18(23(26)25-21-10-6-9-20(24)14-21)13-19(22)16-27-15-17-7-4-3-5-8-17/h3-14H,2,15-16H2,1H3,(H,25,26). The molecule has 3 aromatic carbocycles. The molecule has 144 valence electrons. The van der Waals surface area contributed by atoms with Crippen LogP contribution in [-0.2, 0) is 18.0 Å². The van der Waals surface area contributed by atoms with Gasteiger partial charge in [0.05, 0.1) is 19.8 Å². The SMILES string of the molecule is CCOc1ccc(C(=O)Nc2cccc(Cl)c2)cc1COCc1ccccc1. The molecule has 0 saturated carbocycles. The van der Waals surface area contributed by atoms with Gasteiger partial charge in [-0.3, -0.25) is 4.79 Å². The maximum absolute atomic E-state index is 12.6. The number of carbonyl (C=O) groups is 1. The summed E-state index contributed by atoms with van der Waals surface area (Å²) < 4.78 is 11.5. The quantitative estimate of drug-likeness (QED) is 0.531. The molecule has 0 atom stereocenters. The molecule has 0 bridgehead atoms. The van der Waals surface area contributed by atoms with E-state index in [1.54, 1.807) is 42.5 Å². The number of nitrogens with one attached hydrogen (secondary N) is 1. The normalized spacial score (nSPS) is 10.5. The molecule has 0 fully saturated rings. The van der Waals surface area contributed by atoms with Gasteiger partial charge >= 0.3 is 0 Å². The molecule has 0 unspecified atom stereocenters. The predicted octanol–water partition coefficient (Wildman–Crippen LogP) is 5.71. The van der Waals surface area contributed by atoms with Crippen molar-refractivity contribution in [3.05, 3.63) is 94.5 Å². The van der Waals surface area contributed by atoms with Gasteiger partial charge < -0.3 is 14.8 Å². The number of halogens is 1. The van der Waals surface area contributed by atoms with Crippen LogP contribution in [-0.4, -0.2) is 12.5 Å². The van der Waals surface area contributed by atoms with Crippen LogP contribution >= 0.6 is 11.6 Å². The number of benzene rings is 3. The van der Waals surface area contributed by atoms with E-state index in [9.17, 15) is 4.79 Å². The van der Waals surface area contributed by atoms with E-state index in [4.69, 9.17) is 21.1 Å². The number of anilines is 1. The van der Waals surface area contributed by atoms with Crippen LogP contribution in [0.15, 0.2) is 72.8 Å². The molecular formula is C23H22ClNO3. The first kappa shape index (κ1) is 19.9. The summed E-state index contributed by atoms with van der Waals surface area (Å²) in [6.07, 6.45) is 0. The fourth-order valence-corrected chi connectivity index (χ4v) is 2.94. The Morgan fingerprint density at radius 1 is 0.964 bits per heavy atom. The zero-order valence-electron chi connectivity index (χ0n) is 15.7. The largest absolute Gasteiger partial charge is 0.494 e. The summed E-state index contributed by atoms with van der Waals surface area (Å²) in [5.74, 6) is 0.504. The Balaban J connectivity index is 1.71. The Labute approximate surface area is 170 Å². The Bertz CT molecular complexity index is 928. The number of rotatable bonds is 8. The maximum Gasteiger partial charge on any atom is 0.255 e. The molecule has 0 aliphatic carbocycles. The van der Waals surface area contributed by atoms with E-state index < -0.39 is 0 Å². The second-order valence-corrected chi connectivity index (χ2v) is 6.63. The molecule has 0 aliphatic heterocycles. The van der Waals surface area contributed by atoms with Gasteiger partial charge in [0.1, 0.15) is 5.75 Å². The van der Waals surface area contributed by atoms with Crippen molar-refractivity contribution in [1.82, 2.24) is 0 Å². The summed E-state index contributed by atoms with van der Waals surface area (Å²) >= 11 is 5.98. The van der Waals surface area contributed by atoms with Gasteiger partial charge in [-0.1, -0.05) is 48.0 Å². The van der Waals surface area contributed by atoms with E-state index in [-0.39, 0.29) is 5.91 Å². The topological polar surface area (TPSA) is 47.6 Å². The first-order chi connectivity index (χ1) is 13.7. The van der Waals surface area contributed by atoms with Crippen molar-refractivity contribution in [2.24, 2.45) is 0 Å². The van der Waals surface area contributed by atoms with E-state index in [2.05, 4.69) is 5.32 Å². The third-order valence-corrected chi connectivity index (χ3v) is 4.31. The molecular weight excluding hydrogens is 374 g/mol. The summed E-state index contributed by atoms with van der Waals surface area (Å²) in [6.45, 7) is 3.31. The van der Waals surface area contributed by atoms with Crippen LogP contribution in [0.2, 0.25) is 5.02 Å². The number of carbonyl (C=O) groups excluding carboxylic acids is 1. The average Bonchev–Trinajstić information content (AvgIpc) is 2.70. The lowest BCUT2D eigenvalue weighted by molar-refractivity contribution is 0.101. The molecule has 5 heteroatoms. The van der Waals surface area contributed by atoms with Gasteiger partial charge in [-0.05, 0) is 48.9 Å². The lowest BCUT2D eigenvalue weighted by atomic mass is 10.1. The van der Waals surface area contributed by atoms with Crippen molar-refractivity contribution >= 4 is 23.2 Å². The minimum absolute atomic E-state index is 0.213. The molecule has 0 aliphatic rings. The smallest absolute Gasteiger partial charge is 0.255 e. The molecule has 1 amide bonds. The van der Waals surface area contributed by atoms with Crippen molar-refractivity contribution in [3.8, 4) is 5.75 Å². The highest BCUT2D eigenvalue weighted by molar-refractivity contribution is 6.30. The van der Waals surface area contributed by atoms with E-state index >= 15 is 0 Å². The van der Waals surface area contributed by atoms with Gasteiger partial charge in [-0.15, -0.1) is 0 Å². The van der Waals surface area contributed by atoms with E-state index in [0.29, 0.717) is 36.1 Å². The minimum Gasteiger partial charge on any atom is -0.494 e. The van der Waals surface area contributed by atoms with Gasteiger partial charge in [0, 0.05) is 21.8 Å². The van der Waals surface area contributed by atoms with Crippen molar-refractivity contribution in [2.45, 2.75) is 20.1 Å². The lowest BCUT2D eigenvalue weighted by Gasteiger charge is -2.13. The van der Waals surface area contributed by atoms with Crippen molar-refractivity contribution < 1.29 is 14.3 Å². The van der Waals surface area contributed by atoms with Gasteiger partial charge in [0.2, 0.25) is 0 Å². The van der Waals surface area contributed by atoms with E-state index in [1.807, 2.05) is 37.3 Å². The molecule has 28 heavy (non-hydrogen) atoms. The summed E-state index contributed by atoms with van der Waals surface area (Å²) in [7, 11) is 0. The molecule has 0 radical (unpaired) electrons. The zero-order chi connectivity index (χ0) is 19.8. The molecule has 1 N–H and O–H groups in total. The molecule has 4 nitrogen and oxygen atoms in total. The lowest BCUT2D eigenvalue weighted by Crippen LogP contribution is -2.12. The third kappa shape index (κ3) is 5.59. The van der Waals surface area contributed by atoms with E-state index in [1.165, 1.54) is 0 Å². The average molecular weight is 396 g/mol. The minimum atomic E-state index is -0.213. The second kappa shape index (κ2) is 9.93. The van der Waals surface area contributed by atoms with Crippen LogP contribution in [0.5, 0.6) is 5.75 Å². The van der Waals surface area contributed by atoms with Crippen molar-refractivity contribution in [2.75, 3.05) is 11.9 Å². The third-order valence-electron chi connectivity index (χ3n) is 4.07. The Morgan fingerprint density at radius 2 is 1.79 bits per heavy atom. The van der Waals surface area contributed by atoms with Crippen LogP contribution in [0.3, 0.4) is 0 Å². The Kier molecular flexibility index (Phi) is 7.06. The molecule has 3 aromatic rings. The molecule has 0 spiro atoms. The van der Waals surface area contributed by atoms with Crippen molar-refractivity contribution in [1.29, 1.82) is 0 Å². The van der Waals surface area contributed by atoms with Gasteiger partial charge in [0.15, 0.2) is 0 Å². The van der Waals surface area contributed by atoms with Crippen LogP contribution in [0, 0.1) is 0 Å².